The minimum absolute atomic E-state index is 0.00985. The molecule has 0 amide bonds. The largest absolute Gasteiger partial charge is 0.472 e. The molecule has 0 aromatic carbocycles. The molecule has 0 aliphatic rings. The van der Waals surface area contributed by atoms with Crippen molar-refractivity contribution in [2.45, 2.75) is 200 Å². The molecule has 0 saturated carbocycles. The number of esters is 2. The van der Waals surface area contributed by atoms with Crippen molar-refractivity contribution in [3.05, 3.63) is 146 Å². The molecule has 0 rings (SSSR count). The molecule has 0 radical (unpaired) electrons. The second-order valence-electron chi connectivity index (χ2n) is 19.6. The van der Waals surface area contributed by atoms with E-state index in [9.17, 15) is 19.0 Å². The second kappa shape index (κ2) is 53.7. The molecule has 1 N–H and O–H groups in total. The Balaban J connectivity index is 4.25. The van der Waals surface area contributed by atoms with E-state index in [4.69, 9.17) is 18.5 Å². The highest BCUT2D eigenvalue weighted by Crippen LogP contribution is 2.43. The van der Waals surface area contributed by atoms with Crippen LogP contribution >= 0.6 is 7.82 Å². The van der Waals surface area contributed by atoms with E-state index in [1.165, 1.54) is 57.8 Å². The maximum Gasteiger partial charge on any atom is 0.472 e. The average molecular weight is 1050 g/mol. The van der Waals surface area contributed by atoms with Gasteiger partial charge in [-0.1, -0.05) is 224 Å². The molecule has 0 aliphatic carbocycles. The number of ether oxygens (including phenoxy) is 2. The highest BCUT2D eigenvalue weighted by molar-refractivity contribution is 7.47. The maximum absolute atomic E-state index is 12.7. The molecule has 0 spiro atoms. The van der Waals surface area contributed by atoms with Crippen molar-refractivity contribution < 1.29 is 42.1 Å². The smallest absolute Gasteiger partial charge is 0.462 e. The number of likely N-dealkylation sites (N-methyl/N-ethyl adjacent to an activating group) is 1. The Morgan fingerprint density at radius 3 is 1.31 bits per heavy atom. The lowest BCUT2D eigenvalue weighted by Gasteiger charge is -2.24. The van der Waals surface area contributed by atoms with Gasteiger partial charge in [-0.2, -0.15) is 0 Å². The van der Waals surface area contributed by atoms with Gasteiger partial charge in [0.1, 0.15) is 19.8 Å². The number of unbranched alkanes of at least 4 members (excludes halogenated alkanes) is 13. The third kappa shape index (κ3) is 57.2. The fourth-order valence-corrected chi connectivity index (χ4v) is 7.79. The van der Waals surface area contributed by atoms with Gasteiger partial charge in [-0.05, 0) is 103 Å². The van der Waals surface area contributed by atoms with E-state index in [2.05, 4.69) is 148 Å². The van der Waals surface area contributed by atoms with Crippen molar-refractivity contribution in [2.75, 3.05) is 47.5 Å². The minimum atomic E-state index is -4.42. The Bertz CT molecular complexity index is 1760. The Morgan fingerprint density at radius 1 is 0.432 bits per heavy atom. The van der Waals surface area contributed by atoms with Gasteiger partial charge < -0.3 is 18.9 Å². The van der Waals surface area contributed by atoms with Crippen LogP contribution in [0.1, 0.15) is 194 Å². The number of carbonyl (C=O) groups excluding carboxylic acids is 2. The first-order chi connectivity index (χ1) is 36.0. The zero-order valence-electron chi connectivity index (χ0n) is 47.3. The van der Waals surface area contributed by atoms with Gasteiger partial charge in [-0.15, -0.1) is 0 Å². The number of carbonyl (C=O) groups is 2. The van der Waals surface area contributed by atoms with Crippen molar-refractivity contribution in [1.29, 1.82) is 0 Å². The number of phosphoric ester groups is 1. The topological polar surface area (TPSA) is 108 Å². The van der Waals surface area contributed by atoms with Gasteiger partial charge in [0.15, 0.2) is 6.10 Å². The number of phosphoric acid groups is 1. The summed E-state index contributed by atoms with van der Waals surface area (Å²) in [5.74, 6) is -0.909. The monoisotopic (exact) mass is 1050 g/mol. The number of rotatable bonds is 50. The molecule has 74 heavy (non-hydrogen) atoms. The third-order valence-electron chi connectivity index (χ3n) is 11.4. The summed E-state index contributed by atoms with van der Waals surface area (Å²) in [6, 6.07) is 0. The van der Waals surface area contributed by atoms with Gasteiger partial charge >= 0.3 is 19.8 Å². The molecule has 1 unspecified atom stereocenters. The number of allylic oxidation sites excluding steroid dienone is 24. The standard InChI is InChI=1S/C64H104NO8P/c1-6-8-10-12-14-16-18-20-22-24-26-27-28-29-30-31-32-33-34-35-36-37-39-40-42-44-46-48-50-52-54-56-63(66)70-60-62(61-72-74(68,69)71-59-58-65(3,4)5)73-64(67)57-55-53-51-49-47-45-43-41-38-25-23-21-19-17-15-13-11-9-7-2/h8-11,14-17,21-24,26-27,29-30,32-33,38,41,45,47,51,53,62H,6-7,12-13,18-20,25,28,31,34-37,39-40,42-44,46,48-50,52,54-61H2,1-5H3/p+1/b10-8-,11-9-,16-14-,17-15-,23-21-,24-22-,27-26-,30-29-,33-32-,41-38-,47-45-,53-51-/t62-/m1/s1. The van der Waals surface area contributed by atoms with E-state index in [1.54, 1.807) is 0 Å². The first kappa shape index (κ1) is 69.9. The molecule has 0 saturated heterocycles. The van der Waals surface area contributed by atoms with Gasteiger partial charge in [0.25, 0.3) is 0 Å². The molecule has 0 aliphatic heterocycles. The van der Waals surface area contributed by atoms with E-state index in [0.29, 0.717) is 17.4 Å². The molecule has 9 nitrogen and oxygen atoms in total. The summed E-state index contributed by atoms with van der Waals surface area (Å²) >= 11 is 0. The fraction of sp³-hybridized carbons (Fsp3) is 0.594. The van der Waals surface area contributed by atoms with Crippen LogP contribution in [-0.2, 0) is 32.7 Å². The normalized spacial score (nSPS) is 14.4. The van der Waals surface area contributed by atoms with Crippen LogP contribution in [-0.4, -0.2) is 74.9 Å². The van der Waals surface area contributed by atoms with Gasteiger partial charge in [0.2, 0.25) is 0 Å². The number of nitrogens with zero attached hydrogens (tertiary/aromatic N) is 1. The molecule has 0 heterocycles. The van der Waals surface area contributed by atoms with Gasteiger partial charge in [-0.3, -0.25) is 18.6 Å². The van der Waals surface area contributed by atoms with Gasteiger partial charge in [-0.25, -0.2) is 4.57 Å². The fourth-order valence-electron chi connectivity index (χ4n) is 7.05. The Kier molecular flexibility index (Phi) is 50.7. The summed E-state index contributed by atoms with van der Waals surface area (Å²) in [6.45, 7) is 4.09. The molecule has 0 aromatic rings. The zero-order valence-corrected chi connectivity index (χ0v) is 48.2. The molecule has 418 valence electrons. The van der Waals surface area contributed by atoms with E-state index >= 15 is 0 Å². The first-order valence-electron chi connectivity index (χ1n) is 28.6. The van der Waals surface area contributed by atoms with E-state index in [0.717, 1.165) is 103 Å². The summed E-state index contributed by atoms with van der Waals surface area (Å²) in [6.07, 6.45) is 79.3. The van der Waals surface area contributed by atoms with Crippen molar-refractivity contribution >= 4 is 19.8 Å². The quantitative estimate of drug-likeness (QED) is 0.0160. The van der Waals surface area contributed by atoms with Crippen molar-refractivity contribution in [2.24, 2.45) is 0 Å². The molecule has 0 aromatic heterocycles. The molecule has 10 heteroatoms. The first-order valence-corrected chi connectivity index (χ1v) is 30.1. The molecular formula is C64H105NO8P+. The summed E-state index contributed by atoms with van der Waals surface area (Å²) in [5, 5.41) is 0. The van der Waals surface area contributed by atoms with E-state index in [-0.39, 0.29) is 26.1 Å². The van der Waals surface area contributed by atoms with Crippen molar-refractivity contribution in [1.82, 2.24) is 0 Å². The van der Waals surface area contributed by atoms with Crippen LogP contribution < -0.4 is 0 Å². The predicted molar refractivity (Wildman–Crippen MR) is 316 cm³/mol. The zero-order chi connectivity index (χ0) is 54.2. The number of hydrogen-bond acceptors (Lipinski definition) is 7. The van der Waals surface area contributed by atoms with Crippen LogP contribution in [0.15, 0.2) is 146 Å². The number of hydrogen-bond donors (Lipinski definition) is 1. The lowest BCUT2D eigenvalue weighted by atomic mass is 10.0. The van der Waals surface area contributed by atoms with E-state index < -0.39 is 32.5 Å². The van der Waals surface area contributed by atoms with Crippen LogP contribution in [0.5, 0.6) is 0 Å². The Morgan fingerprint density at radius 2 is 0.824 bits per heavy atom. The SMILES string of the molecule is CC/C=C\C/C=C\C/C=C\C/C=C\C/C=C\C/C=C\CCC(=O)O[C@H](COC(=O)CCCCCCCCCCCCCC/C=C\C/C=C\C/C=C\C=C/CC/C=C\C/C=C\CC)COP(=O)(O)OCC[N+](C)(C)C. The van der Waals surface area contributed by atoms with Crippen molar-refractivity contribution in [3.8, 4) is 0 Å². The molecular weight excluding hydrogens is 942 g/mol. The van der Waals surface area contributed by atoms with E-state index in [1.807, 2.05) is 33.3 Å². The highest BCUT2D eigenvalue weighted by Gasteiger charge is 2.27. The number of quaternary nitrogens is 1. The molecule has 0 fully saturated rings. The van der Waals surface area contributed by atoms with Crippen LogP contribution in [0.3, 0.4) is 0 Å². The summed E-state index contributed by atoms with van der Waals surface area (Å²) < 4.78 is 34.4. The lowest BCUT2D eigenvalue weighted by Crippen LogP contribution is -2.37. The van der Waals surface area contributed by atoms with Crippen LogP contribution in [0.4, 0.5) is 0 Å². The average Bonchev–Trinajstić information content (AvgIpc) is 3.36. The van der Waals surface area contributed by atoms with Crippen molar-refractivity contribution in [3.63, 3.8) is 0 Å². The Labute approximate surface area is 453 Å². The highest BCUT2D eigenvalue weighted by atomic mass is 31.2. The lowest BCUT2D eigenvalue weighted by molar-refractivity contribution is -0.870. The summed E-state index contributed by atoms with van der Waals surface area (Å²) in [4.78, 5) is 35.6. The van der Waals surface area contributed by atoms with Crippen LogP contribution in [0.25, 0.3) is 0 Å². The van der Waals surface area contributed by atoms with Gasteiger partial charge in [0.05, 0.1) is 27.7 Å². The Hall–Kier alpha value is -4.11. The summed E-state index contributed by atoms with van der Waals surface area (Å²) in [5.41, 5.74) is 0. The molecule has 0 bridgehead atoms. The summed E-state index contributed by atoms with van der Waals surface area (Å²) in [7, 11) is 1.41. The van der Waals surface area contributed by atoms with Gasteiger partial charge in [0, 0.05) is 12.8 Å². The van der Waals surface area contributed by atoms with Crippen LogP contribution in [0, 0.1) is 0 Å². The third-order valence-corrected chi connectivity index (χ3v) is 12.4. The second-order valence-corrected chi connectivity index (χ2v) is 21.0. The maximum atomic E-state index is 12.7. The predicted octanol–water partition coefficient (Wildman–Crippen LogP) is 17.9. The molecule has 2 atom stereocenters. The van der Waals surface area contributed by atoms with Crippen LogP contribution in [0.2, 0.25) is 0 Å². The minimum Gasteiger partial charge on any atom is -0.462 e.